The van der Waals surface area contributed by atoms with Crippen LogP contribution in [0.25, 0.3) is 5.69 Å². The minimum atomic E-state index is 0.631. The second-order valence-corrected chi connectivity index (χ2v) is 5.15. The first-order chi connectivity index (χ1) is 10.8. The number of hydrogen-bond acceptors (Lipinski definition) is 2. The molecule has 0 N–H and O–H groups in total. The Morgan fingerprint density at radius 1 is 1.05 bits per heavy atom. The van der Waals surface area contributed by atoms with Crippen LogP contribution in [-0.2, 0) is 0 Å². The van der Waals surface area contributed by atoms with Gasteiger partial charge in [-0.1, -0.05) is 29.8 Å². The number of methoxy groups -OCH3 is 1. The zero-order valence-corrected chi connectivity index (χ0v) is 12.9. The van der Waals surface area contributed by atoms with Gasteiger partial charge in [0.25, 0.3) is 0 Å². The largest absolute Gasteiger partial charge is 0.494 e. The lowest BCUT2D eigenvalue weighted by Crippen LogP contribution is -1.97. The molecular formula is C18H15ClN2O. The van der Waals surface area contributed by atoms with E-state index in [1.54, 1.807) is 25.5 Å². The quantitative estimate of drug-likeness (QED) is 0.630. The summed E-state index contributed by atoms with van der Waals surface area (Å²) >= 11 is 6.03. The summed E-state index contributed by atoms with van der Waals surface area (Å²) in [4.78, 5) is 4.51. The molecular weight excluding hydrogens is 296 g/mol. The molecule has 0 atom stereocenters. The Morgan fingerprint density at radius 3 is 2.64 bits per heavy atom. The molecule has 0 aliphatic heterocycles. The first-order valence-corrected chi connectivity index (χ1v) is 7.26. The van der Waals surface area contributed by atoms with Crippen LogP contribution in [0.4, 0.5) is 5.69 Å². The summed E-state index contributed by atoms with van der Waals surface area (Å²) in [5, 5.41) is 0.631. The van der Waals surface area contributed by atoms with E-state index in [1.807, 2.05) is 42.6 Å². The maximum absolute atomic E-state index is 6.03. The van der Waals surface area contributed by atoms with E-state index in [9.17, 15) is 0 Å². The van der Waals surface area contributed by atoms with Crippen molar-refractivity contribution in [2.75, 3.05) is 7.11 Å². The Hall–Kier alpha value is -2.52. The van der Waals surface area contributed by atoms with Crippen LogP contribution in [0.5, 0.6) is 5.75 Å². The predicted molar refractivity (Wildman–Crippen MR) is 91.0 cm³/mol. The first-order valence-electron chi connectivity index (χ1n) is 6.88. The van der Waals surface area contributed by atoms with Gasteiger partial charge in [0.15, 0.2) is 0 Å². The van der Waals surface area contributed by atoms with Crippen LogP contribution >= 0.6 is 11.6 Å². The van der Waals surface area contributed by atoms with Gasteiger partial charge >= 0.3 is 0 Å². The molecule has 3 nitrogen and oxygen atoms in total. The number of halogens is 1. The standard InChI is InChI=1S/C18H15ClN2O/c1-22-18-10-9-14(19)12-17(18)20-13-16-8-5-11-21(16)15-6-3-2-4-7-15/h2-13H,1H3. The van der Waals surface area contributed by atoms with E-state index in [2.05, 4.69) is 21.7 Å². The Morgan fingerprint density at radius 2 is 1.86 bits per heavy atom. The molecule has 0 radical (unpaired) electrons. The van der Waals surface area contributed by atoms with Gasteiger partial charge in [-0.25, -0.2) is 0 Å². The molecule has 3 rings (SSSR count). The van der Waals surface area contributed by atoms with Gasteiger partial charge in [0.2, 0.25) is 0 Å². The summed E-state index contributed by atoms with van der Waals surface area (Å²) in [6.07, 6.45) is 3.81. The Labute approximate surface area is 134 Å². The molecule has 0 saturated heterocycles. The van der Waals surface area contributed by atoms with E-state index >= 15 is 0 Å². The molecule has 0 saturated carbocycles. The highest BCUT2D eigenvalue weighted by Crippen LogP contribution is 2.30. The Balaban J connectivity index is 1.95. The number of hydrogen-bond donors (Lipinski definition) is 0. The summed E-state index contributed by atoms with van der Waals surface area (Å²) in [5.41, 5.74) is 2.77. The van der Waals surface area contributed by atoms with Gasteiger partial charge < -0.3 is 9.30 Å². The van der Waals surface area contributed by atoms with Crippen LogP contribution in [0.3, 0.4) is 0 Å². The zero-order chi connectivity index (χ0) is 15.4. The van der Waals surface area contributed by atoms with E-state index in [-0.39, 0.29) is 0 Å². The minimum absolute atomic E-state index is 0.631. The van der Waals surface area contributed by atoms with Crippen molar-refractivity contribution in [3.63, 3.8) is 0 Å². The molecule has 0 spiro atoms. The summed E-state index contributed by atoms with van der Waals surface area (Å²) in [6, 6.07) is 19.5. The lowest BCUT2D eigenvalue weighted by molar-refractivity contribution is 0.416. The molecule has 1 aromatic heterocycles. The Kier molecular flexibility index (Phi) is 4.26. The van der Waals surface area contributed by atoms with Crippen molar-refractivity contribution in [3.8, 4) is 11.4 Å². The molecule has 22 heavy (non-hydrogen) atoms. The highest BCUT2D eigenvalue weighted by atomic mass is 35.5. The maximum Gasteiger partial charge on any atom is 0.144 e. The van der Waals surface area contributed by atoms with Gasteiger partial charge in [0.1, 0.15) is 11.4 Å². The lowest BCUT2D eigenvalue weighted by Gasteiger charge is -2.07. The van der Waals surface area contributed by atoms with E-state index in [0.717, 1.165) is 11.4 Å². The third kappa shape index (κ3) is 3.05. The van der Waals surface area contributed by atoms with Gasteiger partial charge in [-0.05, 0) is 42.5 Å². The number of nitrogens with zero attached hydrogens (tertiary/aromatic N) is 2. The van der Waals surface area contributed by atoms with Crippen molar-refractivity contribution in [2.45, 2.75) is 0 Å². The van der Waals surface area contributed by atoms with E-state index in [4.69, 9.17) is 16.3 Å². The van der Waals surface area contributed by atoms with Gasteiger partial charge in [-0.3, -0.25) is 4.99 Å². The average molecular weight is 311 g/mol. The molecule has 0 fully saturated rings. The number of rotatable bonds is 4. The zero-order valence-electron chi connectivity index (χ0n) is 12.1. The molecule has 3 aromatic rings. The van der Waals surface area contributed by atoms with Gasteiger partial charge in [0, 0.05) is 16.9 Å². The fourth-order valence-electron chi connectivity index (χ4n) is 2.22. The summed E-state index contributed by atoms with van der Waals surface area (Å²) in [5.74, 6) is 0.693. The van der Waals surface area contributed by atoms with Gasteiger partial charge in [-0.2, -0.15) is 0 Å². The molecule has 0 amide bonds. The van der Waals surface area contributed by atoms with Crippen LogP contribution in [0.15, 0.2) is 71.9 Å². The van der Waals surface area contributed by atoms with Gasteiger partial charge in [-0.15, -0.1) is 0 Å². The van der Waals surface area contributed by atoms with E-state index < -0.39 is 0 Å². The molecule has 0 unspecified atom stereocenters. The summed E-state index contributed by atoms with van der Waals surface area (Å²) < 4.78 is 7.38. The third-order valence-corrected chi connectivity index (χ3v) is 3.53. The predicted octanol–water partition coefficient (Wildman–Crippen LogP) is 4.89. The third-order valence-electron chi connectivity index (χ3n) is 3.29. The fraction of sp³-hybridized carbons (Fsp3) is 0.0556. The molecule has 2 aromatic carbocycles. The normalized spacial score (nSPS) is 11.0. The number of ether oxygens (including phenoxy) is 1. The lowest BCUT2D eigenvalue weighted by atomic mass is 10.3. The molecule has 4 heteroatoms. The van der Waals surface area contributed by atoms with Crippen LogP contribution in [0.1, 0.15) is 5.69 Å². The number of benzene rings is 2. The van der Waals surface area contributed by atoms with E-state index in [1.165, 1.54) is 0 Å². The number of aromatic nitrogens is 1. The molecule has 0 bridgehead atoms. The highest BCUT2D eigenvalue weighted by molar-refractivity contribution is 6.30. The fourth-order valence-corrected chi connectivity index (χ4v) is 2.39. The molecule has 0 aliphatic rings. The van der Waals surface area contributed by atoms with Crippen molar-refractivity contribution >= 4 is 23.5 Å². The van der Waals surface area contributed by atoms with Crippen LogP contribution < -0.4 is 4.74 Å². The van der Waals surface area contributed by atoms with Crippen LogP contribution in [0.2, 0.25) is 5.02 Å². The number of aliphatic imine (C=N–C) groups is 1. The highest BCUT2D eigenvalue weighted by Gasteiger charge is 2.03. The van der Waals surface area contributed by atoms with Crippen molar-refractivity contribution in [1.82, 2.24) is 4.57 Å². The second-order valence-electron chi connectivity index (χ2n) is 4.71. The Bertz CT molecular complexity index is 794. The molecule has 0 aliphatic carbocycles. The van der Waals surface area contributed by atoms with Crippen molar-refractivity contribution in [2.24, 2.45) is 4.99 Å². The minimum Gasteiger partial charge on any atom is -0.494 e. The van der Waals surface area contributed by atoms with Crippen LogP contribution in [0, 0.1) is 0 Å². The van der Waals surface area contributed by atoms with Crippen LogP contribution in [-0.4, -0.2) is 17.9 Å². The summed E-state index contributed by atoms with van der Waals surface area (Å²) in [7, 11) is 1.62. The topological polar surface area (TPSA) is 26.5 Å². The maximum atomic E-state index is 6.03. The number of para-hydroxylation sites is 1. The van der Waals surface area contributed by atoms with Crippen molar-refractivity contribution in [1.29, 1.82) is 0 Å². The monoisotopic (exact) mass is 310 g/mol. The summed E-state index contributed by atoms with van der Waals surface area (Å²) in [6.45, 7) is 0. The first kappa shape index (κ1) is 14.4. The molecule has 1 heterocycles. The SMILES string of the molecule is COc1ccc(Cl)cc1N=Cc1cccn1-c1ccccc1. The smallest absolute Gasteiger partial charge is 0.144 e. The van der Waals surface area contributed by atoms with Gasteiger partial charge in [0.05, 0.1) is 19.0 Å². The average Bonchev–Trinajstić information content (AvgIpc) is 3.02. The van der Waals surface area contributed by atoms with Crippen molar-refractivity contribution in [3.05, 3.63) is 77.6 Å². The molecule has 110 valence electrons. The second kappa shape index (κ2) is 6.50. The van der Waals surface area contributed by atoms with Crippen molar-refractivity contribution < 1.29 is 4.74 Å². The van der Waals surface area contributed by atoms with E-state index in [0.29, 0.717) is 16.5 Å².